The van der Waals surface area contributed by atoms with Crippen LogP contribution < -0.4 is 9.64 Å². The van der Waals surface area contributed by atoms with Gasteiger partial charge in [0.25, 0.3) is 5.91 Å². The molecule has 0 aliphatic carbocycles. The van der Waals surface area contributed by atoms with Crippen LogP contribution in [0.5, 0.6) is 5.75 Å². The van der Waals surface area contributed by atoms with Gasteiger partial charge in [0, 0.05) is 51.3 Å². The van der Waals surface area contributed by atoms with E-state index in [-0.39, 0.29) is 11.5 Å². The normalized spacial score (nSPS) is 18.2. The van der Waals surface area contributed by atoms with Crippen molar-refractivity contribution in [1.82, 2.24) is 4.90 Å². The Labute approximate surface area is 155 Å². The van der Waals surface area contributed by atoms with Gasteiger partial charge < -0.3 is 14.5 Å². The standard InChI is InChI=1S/C22H26N2O2/c1-23(2)19-9-7-18(8-10-19)21(25)24-15-13-22(14-16-24)12-11-17-5-3-4-6-20(17)26-22/h3-10H,11-16H2,1-2H3. The number of likely N-dealkylation sites (tertiary alicyclic amines) is 1. The summed E-state index contributed by atoms with van der Waals surface area (Å²) < 4.78 is 6.39. The number of piperidine rings is 1. The number of ether oxygens (including phenoxy) is 1. The molecule has 2 heterocycles. The molecule has 4 nitrogen and oxygen atoms in total. The third-order valence-corrected chi connectivity index (χ3v) is 5.74. The number of anilines is 1. The molecule has 2 aliphatic rings. The monoisotopic (exact) mass is 350 g/mol. The molecular weight excluding hydrogens is 324 g/mol. The number of fused-ring (bicyclic) bond motifs is 1. The molecule has 0 saturated carbocycles. The summed E-state index contributed by atoms with van der Waals surface area (Å²) in [5, 5.41) is 0. The van der Waals surface area contributed by atoms with Gasteiger partial charge in [0.05, 0.1) is 0 Å². The van der Waals surface area contributed by atoms with Gasteiger partial charge in [-0.25, -0.2) is 0 Å². The number of hydrogen-bond acceptors (Lipinski definition) is 3. The molecule has 0 atom stereocenters. The van der Waals surface area contributed by atoms with Crippen LogP contribution in [0.4, 0.5) is 5.69 Å². The van der Waals surface area contributed by atoms with Crippen LogP contribution in [0.3, 0.4) is 0 Å². The van der Waals surface area contributed by atoms with E-state index in [9.17, 15) is 4.79 Å². The van der Waals surface area contributed by atoms with Gasteiger partial charge in [-0.15, -0.1) is 0 Å². The Morgan fingerprint density at radius 1 is 1.00 bits per heavy atom. The van der Waals surface area contributed by atoms with Crippen LogP contribution in [0, 0.1) is 0 Å². The first kappa shape index (κ1) is 17.0. The van der Waals surface area contributed by atoms with Gasteiger partial charge in [0.2, 0.25) is 0 Å². The average molecular weight is 350 g/mol. The molecule has 4 rings (SSSR count). The van der Waals surface area contributed by atoms with Crippen molar-refractivity contribution in [2.75, 3.05) is 32.1 Å². The molecule has 1 spiro atoms. The molecule has 2 aromatic rings. The highest BCUT2D eigenvalue weighted by atomic mass is 16.5. The summed E-state index contributed by atoms with van der Waals surface area (Å²) >= 11 is 0. The van der Waals surface area contributed by atoms with E-state index < -0.39 is 0 Å². The van der Waals surface area contributed by atoms with E-state index in [2.05, 4.69) is 18.2 Å². The molecule has 4 heteroatoms. The minimum Gasteiger partial charge on any atom is -0.487 e. The van der Waals surface area contributed by atoms with E-state index >= 15 is 0 Å². The number of nitrogens with zero attached hydrogens (tertiary/aromatic N) is 2. The lowest BCUT2D eigenvalue weighted by Crippen LogP contribution is -2.51. The first-order valence-electron chi connectivity index (χ1n) is 9.40. The Morgan fingerprint density at radius 2 is 1.69 bits per heavy atom. The van der Waals surface area contributed by atoms with Crippen LogP contribution >= 0.6 is 0 Å². The molecule has 0 aromatic heterocycles. The topological polar surface area (TPSA) is 32.8 Å². The summed E-state index contributed by atoms with van der Waals surface area (Å²) in [5.41, 5.74) is 3.08. The second-order valence-electron chi connectivity index (χ2n) is 7.63. The maximum atomic E-state index is 12.8. The molecule has 1 saturated heterocycles. The Morgan fingerprint density at radius 3 is 2.38 bits per heavy atom. The maximum Gasteiger partial charge on any atom is 0.253 e. The second kappa shape index (κ2) is 6.67. The van der Waals surface area contributed by atoms with Crippen molar-refractivity contribution in [2.45, 2.75) is 31.3 Å². The number of benzene rings is 2. The fourth-order valence-electron chi connectivity index (χ4n) is 4.01. The molecule has 0 bridgehead atoms. The number of carbonyl (C=O) groups is 1. The average Bonchev–Trinajstić information content (AvgIpc) is 2.68. The van der Waals surface area contributed by atoms with Crippen LogP contribution in [-0.4, -0.2) is 43.6 Å². The van der Waals surface area contributed by atoms with Gasteiger partial charge >= 0.3 is 0 Å². The molecule has 0 radical (unpaired) electrons. The van der Waals surface area contributed by atoms with Crippen LogP contribution in [0.15, 0.2) is 48.5 Å². The van der Waals surface area contributed by atoms with Crippen molar-refractivity contribution in [2.24, 2.45) is 0 Å². The highest BCUT2D eigenvalue weighted by molar-refractivity contribution is 5.94. The van der Waals surface area contributed by atoms with E-state index in [1.807, 2.05) is 54.2 Å². The molecular formula is C22H26N2O2. The summed E-state index contributed by atoms with van der Waals surface area (Å²) in [6, 6.07) is 16.2. The third kappa shape index (κ3) is 3.16. The molecule has 26 heavy (non-hydrogen) atoms. The number of para-hydroxylation sites is 1. The smallest absolute Gasteiger partial charge is 0.253 e. The van der Waals surface area contributed by atoms with E-state index in [0.29, 0.717) is 0 Å². The molecule has 1 fully saturated rings. The summed E-state index contributed by atoms with van der Waals surface area (Å²) in [6.45, 7) is 1.52. The van der Waals surface area contributed by atoms with E-state index in [0.717, 1.165) is 55.8 Å². The Balaban J connectivity index is 1.41. The van der Waals surface area contributed by atoms with Gasteiger partial charge in [-0.1, -0.05) is 18.2 Å². The van der Waals surface area contributed by atoms with Crippen molar-refractivity contribution in [3.05, 3.63) is 59.7 Å². The molecule has 2 aromatic carbocycles. The Hall–Kier alpha value is -2.49. The van der Waals surface area contributed by atoms with Gasteiger partial charge in [0.15, 0.2) is 0 Å². The number of aryl methyl sites for hydroxylation is 1. The Kier molecular flexibility index (Phi) is 4.35. The first-order chi connectivity index (χ1) is 12.6. The van der Waals surface area contributed by atoms with E-state index in [1.165, 1.54) is 5.56 Å². The maximum absolute atomic E-state index is 12.8. The minimum atomic E-state index is -0.0973. The molecule has 136 valence electrons. The molecule has 0 unspecified atom stereocenters. The molecule has 0 N–H and O–H groups in total. The highest BCUT2D eigenvalue weighted by Crippen LogP contribution is 2.39. The minimum absolute atomic E-state index is 0.0973. The summed E-state index contributed by atoms with van der Waals surface area (Å²) in [6.07, 6.45) is 3.92. The zero-order chi connectivity index (χ0) is 18.1. The summed E-state index contributed by atoms with van der Waals surface area (Å²) in [4.78, 5) is 16.8. The number of hydrogen-bond donors (Lipinski definition) is 0. The SMILES string of the molecule is CN(C)c1ccc(C(=O)N2CCC3(CCc4ccccc4O3)CC2)cc1. The van der Waals surface area contributed by atoms with Crippen molar-refractivity contribution >= 4 is 11.6 Å². The van der Waals surface area contributed by atoms with Crippen molar-refractivity contribution in [3.63, 3.8) is 0 Å². The fourth-order valence-corrected chi connectivity index (χ4v) is 4.01. The first-order valence-corrected chi connectivity index (χ1v) is 9.40. The van der Waals surface area contributed by atoms with Crippen LogP contribution in [0.25, 0.3) is 0 Å². The largest absolute Gasteiger partial charge is 0.487 e. The Bertz CT molecular complexity index is 790. The zero-order valence-electron chi connectivity index (χ0n) is 15.6. The predicted octanol–water partition coefficient (Wildman–Crippen LogP) is 3.75. The number of rotatable bonds is 2. The van der Waals surface area contributed by atoms with Crippen LogP contribution in [-0.2, 0) is 6.42 Å². The predicted molar refractivity (Wildman–Crippen MR) is 104 cm³/mol. The van der Waals surface area contributed by atoms with Gasteiger partial charge in [-0.05, 0) is 48.7 Å². The van der Waals surface area contributed by atoms with Crippen molar-refractivity contribution in [3.8, 4) is 5.75 Å². The van der Waals surface area contributed by atoms with Gasteiger partial charge in [-0.2, -0.15) is 0 Å². The second-order valence-corrected chi connectivity index (χ2v) is 7.63. The van der Waals surface area contributed by atoms with Crippen molar-refractivity contribution in [1.29, 1.82) is 0 Å². The van der Waals surface area contributed by atoms with E-state index in [1.54, 1.807) is 0 Å². The fraction of sp³-hybridized carbons (Fsp3) is 0.409. The van der Waals surface area contributed by atoms with Gasteiger partial charge in [0.1, 0.15) is 11.4 Å². The lowest BCUT2D eigenvalue weighted by atomic mass is 9.83. The highest BCUT2D eigenvalue weighted by Gasteiger charge is 2.40. The molecule has 2 aliphatic heterocycles. The third-order valence-electron chi connectivity index (χ3n) is 5.74. The van der Waals surface area contributed by atoms with Gasteiger partial charge in [-0.3, -0.25) is 4.79 Å². The lowest BCUT2D eigenvalue weighted by molar-refractivity contribution is -0.0106. The van der Waals surface area contributed by atoms with Crippen LogP contribution in [0.1, 0.15) is 35.2 Å². The van der Waals surface area contributed by atoms with Crippen molar-refractivity contribution < 1.29 is 9.53 Å². The summed E-state index contributed by atoms with van der Waals surface area (Å²) in [7, 11) is 4.01. The lowest BCUT2D eigenvalue weighted by Gasteiger charge is -2.44. The van der Waals surface area contributed by atoms with E-state index in [4.69, 9.17) is 4.74 Å². The summed E-state index contributed by atoms with van der Waals surface area (Å²) in [5.74, 6) is 1.15. The number of amides is 1. The zero-order valence-corrected chi connectivity index (χ0v) is 15.6. The molecule has 1 amide bonds. The quantitative estimate of drug-likeness (QED) is 0.827. The van der Waals surface area contributed by atoms with Crippen LogP contribution in [0.2, 0.25) is 0 Å². The number of carbonyl (C=O) groups excluding carboxylic acids is 1.